The van der Waals surface area contributed by atoms with E-state index in [9.17, 15) is 0 Å². The van der Waals surface area contributed by atoms with Gasteiger partial charge < -0.3 is 9.47 Å². The van der Waals surface area contributed by atoms with Crippen LogP contribution >= 0.6 is 0 Å². The number of nitrogens with two attached hydrogens (primary N) is 1. The minimum absolute atomic E-state index is 0.515. The van der Waals surface area contributed by atoms with Crippen molar-refractivity contribution < 1.29 is 9.47 Å². The molecule has 9 heteroatoms. The highest BCUT2D eigenvalue weighted by molar-refractivity contribution is 5.77. The molecule has 0 spiro atoms. The maximum Gasteiger partial charge on any atom is 0.119 e. The van der Waals surface area contributed by atoms with Crippen molar-refractivity contribution in [2.45, 2.75) is 6.54 Å². The number of ether oxygens (including phenoxy) is 2. The summed E-state index contributed by atoms with van der Waals surface area (Å²) in [5.41, 5.74) is 8.12. The van der Waals surface area contributed by atoms with Crippen LogP contribution in [0.25, 0.3) is 5.70 Å². The molecule has 28 heavy (non-hydrogen) atoms. The summed E-state index contributed by atoms with van der Waals surface area (Å²) in [5.74, 6) is 6.72. The number of methoxy groups -OCH3 is 1. The van der Waals surface area contributed by atoms with Crippen molar-refractivity contribution in [3.8, 4) is 5.75 Å². The van der Waals surface area contributed by atoms with Gasteiger partial charge in [-0.2, -0.15) is 5.10 Å². The van der Waals surface area contributed by atoms with Gasteiger partial charge in [-0.25, -0.2) is 10.8 Å². The van der Waals surface area contributed by atoms with Gasteiger partial charge in [0.1, 0.15) is 30.1 Å². The van der Waals surface area contributed by atoms with Crippen molar-refractivity contribution in [3.63, 3.8) is 0 Å². The monoisotopic (exact) mass is 381 g/mol. The molecule has 2 aliphatic heterocycles. The van der Waals surface area contributed by atoms with E-state index in [4.69, 9.17) is 15.3 Å². The number of hydrogen-bond donors (Lipinski definition) is 2. The van der Waals surface area contributed by atoms with Gasteiger partial charge in [0.15, 0.2) is 0 Å². The number of fused-ring (bicyclic) bond motifs is 1. The van der Waals surface area contributed by atoms with Crippen LogP contribution in [0.15, 0.2) is 59.2 Å². The van der Waals surface area contributed by atoms with E-state index in [0.717, 1.165) is 34.0 Å². The minimum atomic E-state index is 0.515. The highest BCUT2D eigenvalue weighted by atomic mass is 16.5. The number of benzene rings is 1. The number of aliphatic imine (C=N–C) groups is 1. The predicted molar refractivity (Wildman–Crippen MR) is 105 cm³/mol. The summed E-state index contributed by atoms with van der Waals surface area (Å²) in [7, 11) is 3.55. The SMILES string of the molecule is COCCOc1cccc(CN2NC(c3cnn(C)c3)=C3N=CN(N)C=C32)c1. The van der Waals surface area contributed by atoms with Crippen LogP contribution in [0.5, 0.6) is 5.75 Å². The van der Waals surface area contributed by atoms with Crippen LogP contribution in [-0.2, 0) is 18.3 Å². The lowest BCUT2D eigenvalue weighted by atomic mass is 10.2. The van der Waals surface area contributed by atoms with E-state index in [-0.39, 0.29) is 0 Å². The Hall–Kier alpha value is -3.30. The average Bonchev–Trinajstić information content (AvgIpc) is 3.26. The van der Waals surface area contributed by atoms with E-state index in [1.807, 2.05) is 48.8 Å². The first-order chi connectivity index (χ1) is 13.6. The molecule has 2 aromatic rings. The zero-order valence-electron chi connectivity index (χ0n) is 15.9. The van der Waals surface area contributed by atoms with Gasteiger partial charge in [0, 0.05) is 32.1 Å². The van der Waals surface area contributed by atoms with Crippen LogP contribution < -0.4 is 16.0 Å². The van der Waals surface area contributed by atoms with Gasteiger partial charge in [0.2, 0.25) is 0 Å². The summed E-state index contributed by atoms with van der Waals surface area (Å²) in [5, 5.41) is 7.73. The summed E-state index contributed by atoms with van der Waals surface area (Å²) in [6.07, 6.45) is 7.19. The molecule has 1 aromatic heterocycles. The molecule has 3 heterocycles. The zero-order chi connectivity index (χ0) is 19.5. The van der Waals surface area contributed by atoms with Crippen molar-refractivity contribution in [2.75, 3.05) is 20.3 Å². The third-order valence-corrected chi connectivity index (χ3v) is 4.40. The number of aromatic nitrogens is 2. The fraction of sp³-hybridized carbons (Fsp3) is 0.263. The average molecular weight is 381 g/mol. The molecular weight excluding hydrogens is 358 g/mol. The van der Waals surface area contributed by atoms with Crippen LogP contribution in [0.2, 0.25) is 0 Å². The highest BCUT2D eigenvalue weighted by Gasteiger charge is 2.30. The number of hydrazine groups is 2. The smallest absolute Gasteiger partial charge is 0.119 e. The van der Waals surface area contributed by atoms with E-state index < -0.39 is 0 Å². The molecule has 0 saturated carbocycles. The maximum absolute atomic E-state index is 5.91. The van der Waals surface area contributed by atoms with Crippen molar-refractivity contribution in [1.29, 1.82) is 0 Å². The number of nitrogens with zero attached hydrogens (tertiary/aromatic N) is 5. The summed E-state index contributed by atoms with van der Waals surface area (Å²) in [4.78, 5) is 4.51. The maximum atomic E-state index is 5.91. The number of hydrogen-bond acceptors (Lipinski definition) is 8. The second kappa shape index (κ2) is 7.75. The lowest BCUT2D eigenvalue weighted by Gasteiger charge is -2.24. The van der Waals surface area contributed by atoms with Crippen molar-refractivity contribution in [2.24, 2.45) is 17.9 Å². The second-order valence-electron chi connectivity index (χ2n) is 6.52. The molecule has 0 amide bonds. The first-order valence-corrected chi connectivity index (χ1v) is 8.91. The third kappa shape index (κ3) is 3.71. The standard InChI is InChI=1S/C19H23N7O2/c1-24-11-15(9-22-24)18-19-17(12-25(20)13-21-19)26(23-18)10-14-4-3-5-16(8-14)28-7-6-27-2/h3-5,8-9,11-13,23H,6-7,10,20H2,1-2H3. The van der Waals surface area contributed by atoms with Gasteiger partial charge in [0.25, 0.3) is 0 Å². The minimum Gasteiger partial charge on any atom is -0.491 e. The summed E-state index contributed by atoms with van der Waals surface area (Å²) < 4.78 is 12.5. The molecule has 2 aliphatic rings. The first kappa shape index (κ1) is 18.1. The Morgan fingerprint density at radius 3 is 2.93 bits per heavy atom. The van der Waals surface area contributed by atoms with Crippen LogP contribution in [0.3, 0.4) is 0 Å². The molecule has 9 nitrogen and oxygen atoms in total. The molecule has 0 unspecified atom stereocenters. The number of rotatable bonds is 7. The quantitative estimate of drug-likeness (QED) is 0.550. The summed E-state index contributed by atoms with van der Waals surface area (Å²) in [6, 6.07) is 7.99. The Morgan fingerprint density at radius 1 is 1.25 bits per heavy atom. The molecule has 0 radical (unpaired) electrons. The van der Waals surface area contributed by atoms with Crippen LogP contribution in [0.1, 0.15) is 11.1 Å². The molecule has 0 fully saturated rings. The lowest BCUT2D eigenvalue weighted by Crippen LogP contribution is -2.33. The van der Waals surface area contributed by atoms with E-state index in [1.54, 1.807) is 18.1 Å². The Balaban J connectivity index is 1.56. The fourth-order valence-corrected chi connectivity index (χ4v) is 3.10. The van der Waals surface area contributed by atoms with Gasteiger partial charge in [-0.1, -0.05) is 12.1 Å². The fourth-order valence-electron chi connectivity index (χ4n) is 3.10. The zero-order valence-corrected chi connectivity index (χ0v) is 15.9. The predicted octanol–water partition coefficient (Wildman–Crippen LogP) is 1.19. The van der Waals surface area contributed by atoms with Crippen molar-refractivity contribution in [1.82, 2.24) is 25.2 Å². The van der Waals surface area contributed by atoms with Crippen LogP contribution in [0, 0.1) is 0 Å². The highest BCUT2D eigenvalue weighted by Crippen LogP contribution is 2.34. The van der Waals surface area contributed by atoms with E-state index in [1.165, 1.54) is 5.01 Å². The molecule has 3 N–H and O–H groups in total. The molecule has 0 bridgehead atoms. The van der Waals surface area contributed by atoms with Gasteiger partial charge >= 0.3 is 0 Å². The van der Waals surface area contributed by atoms with E-state index in [0.29, 0.717) is 19.8 Å². The van der Waals surface area contributed by atoms with Crippen molar-refractivity contribution >= 4 is 12.0 Å². The number of aryl methyl sites for hydroxylation is 1. The summed E-state index contributed by atoms with van der Waals surface area (Å²) in [6.45, 7) is 1.68. The van der Waals surface area contributed by atoms with Gasteiger partial charge in [-0.05, 0) is 17.7 Å². The Kier molecular flexibility index (Phi) is 5.00. The molecule has 4 rings (SSSR count). The van der Waals surface area contributed by atoms with Crippen LogP contribution in [0.4, 0.5) is 0 Å². The third-order valence-electron chi connectivity index (χ3n) is 4.40. The first-order valence-electron chi connectivity index (χ1n) is 8.91. The Labute approximate surface area is 163 Å². The Morgan fingerprint density at radius 2 is 2.14 bits per heavy atom. The normalized spacial score (nSPS) is 15.6. The van der Waals surface area contributed by atoms with Gasteiger partial charge in [-0.3, -0.25) is 20.1 Å². The van der Waals surface area contributed by atoms with Gasteiger partial charge in [-0.15, -0.1) is 0 Å². The molecular formula is C19H23N7O2. The Bertz CT molecular complexity index is 947. The molecule has 0 atom stereocenters. The van der Waals surface area contributed by atoms with Crippen LogP contribution in [-0.4, -0.2) is 46.5 Å². The topological polar surface area (TPSA) is 93.2 Å². The largest absolute Gasteiger partial charge is 0.491 e. The van der Waals surface area contributed by atoms with E-state index in [2.05, 4.69) is 21.6 Å². The molecule has 0 saturated heterocycles. The second-order valence-corrected chi connectivity index (χ2v) is 6.52. The van der Waals surface area contributed by atoms with E-state index >= 15 is 0 Å². The van der Waals surface area contributed by atoms with Crippen molar-refractivity contribution in [3.05, 3.63) is 65.4 Å². The summed E-state index contributed by atoms with van der Waals surface area (Å²) >= 11 is 0. The molecule has 1 aromatic carbocycles. The molecule has 0 aliphatic carbocycles. The number of nitrogens with one attached hydrogen (secondary N) is 1. The molecule has 146 valence electrons. The lowest BCUT2D eigenvalue weighted by molar-refractivity contribution is 0.146. The van der Waals surface area contributed by atoms with Gasteiger partial charge in [0.05, 0.1) is 25.0 Å².